The summed E-state index contributed by atoms with van der Waals surface area (Å²) in [5.74, 6) is 0. The molecular weight excluding hydrogens is 794 g/mol. The first-order valence-corrected chi connectivity index (χ1v) is 25.6. The van der Waals surface area contributed by atoms with E-state index < -0.39 is 8.07 Å². The normalized spacial score (nSPS) is 13.0. The van der Waals surface area contributed by atoms with Crippen molar-refractivity contribution in [1.29, 1.82) is 0 Å². The van der Waals surface area contributed by atoms with Crippen LogP contribution in [0.5, 0.6) is 0 Å². The maximum Gasteiger partial charge on any atom is 0.242 e. The van der Waals surface area contributed by atoms with Crippen molar-refractivity contribution >= 4 is 87.2 Å². The lowest BCUT2D eigenvalue weighted by molar-refractivity contribution is 1.34. The molecule has 0 bridgehead atoms. The summed E-state index contributed by atoms with van der Waals surface area (Å²) in [6, 6.07) is 53.2. The quantitative estimate of drug-likeness (QED) is 0.148. The van der Waals surface area contributed by atoms with Crippen LogP contribution in [0.1, 0.15) is 77.9 Å². The molecule has 10 rings (SSSR count). The van der Waals surface area contributed by atoms with Gasteiger partial charge in [0.2, 0.25) is 13.4 Å². The topological polar surface area (TPSA) is 0 Å². The van der Waals surface area contributed by atoms with Crippen molar-refractivity contribution in [2.45, 2.75) is 83.1 Å². The first kappa shape index (κ1) is 42.8. The SMILES string of the molecule is Cc1cc(C)c(B(c2ccc3c(c2)[Si]2(c4cc(B(c5c(C)cc(C)cc5C)c5c(C)cc(C)cc5C)ccc4C=C3)c3ccccc3-c3ccccc32)c2c(C)cc(C)cc2C)c(C)c1. The van der Waals surface area contributed by atoms with E-state index in [-0.39, 0.29) is 13.4 Å². The molecule has 0 nitrogen and oxygen atoms in total. The second-order valence-corrected chi connectivity index (χ2v) is 23.6. The van der Waals surface area contributed by atoms with Gasteiger partial charge in [-0.15, -0.1) is 0 Å². The molecule has 2 heterocycles. The molecule has 0 N–H and O–H groups in total. The summed E-state index contributed by atoms with van der Waals surface area (Å²) < 4.78 is 0. The number of hydrogen-bond donors (Lipinski definition) is 0. The van der Waals surface area contributed by atoms with E-state index in [1.54, 1.807) is 0 Å². The Hall–Kier alpha value is -6.15. The first-order valence-electron chi connectivity index (χ1n) is 23.6. The van der Waals surface area contributed by atoms with E-state index in [0.29, 0.717) is 0 Å². The van der Waals surface area contributed by atoms with Crippen LogP contribution >= 0.6 is 0 Å². The minimum absolute atomic E-state index is 0.0711. The summed E-state index contributed by atoms with van der Waals surface area (Å²) in [5.41, 5.74) is 30.0. The van der Waals surface area contributed by atoms with Crippen molar-refractivity contribution in [1.82, 2.24) is 0 Å². The fraction of sp³-hybridized carbons (Fsp3) is 0.194. The molecule has 318 valence electrons. The van der Waals surface area contributed by atoms with Crippen molar-refractivity contribution in [3.63, 3.8) is 0 Å². The second-order valence-electron chi connectivity index (χ2n) is 20.0. The minimum atomic E-state index is -3.02. The van der Waals surface area contributed by atoms with Crippen molar-refractivity contribution in [2.75, 3.05) is 0 Å². The van der Waals surface area contributed by atoms with Crippen molar-refractivity contribution in [3.05, 3.63) is 211 Å². The number of hydrogen-bond acceptors (Lipinski definition) is 0. The molecule has 0 radical (unpaired) electrons. The molecule has 0 atom stereocenters. The largest absolute Gasteiger partial charge is 0.242 e. The van der Waals surface area contributed by atoms with Gasteiger partial charge in [0, 0.05) is 0 Å². The summed E-state index contributed by atoms with van der Waals surface area (Å²) in [7, 11) is -3.02. The fourth-order valence-corrected chi connectivity index (χ4v) is 18.8. The Kier molecular flexibility index (Phi) is 10.6. The van der Waals surface area contributed by atoms with Crippen LogP contribution in [0.4, 0.5) is 0 Å². The van der Waals surface area contributed by atoms with E-state index in [4.69, 9.17) is 0 Å². The molecule has 1 spiro atoms. The Morgan fingerprint density at radius 2 is 0.569 bits per heavy atom. The molecule has 3 heteroatoms. The zero-order valence-corrected chi connectivity index (χ0v) is 41.5. The predicted molar refractivity (Wildman–Crippen MR) is 290 cm³/mol. The molecule has 0 aliphatic carbocycles. The highest BCUT2D eigenvalue weighted by Gasteiger charge is 2.51. The van der Waals surface area contributed by atoms with Gasteiger partial charge in [0.1, 0.15) is 0 Å². The van der Waals surface area contributed by atoms with Gasteiger partial charge in [0.15, 0.2) is 8.07 Å². The zero-order valence-electron chi connectivity index (χ0n) is 40.5. The summed E-state index contributed by atoms with van der Waals surface area (Å²) in [5, 5.41) is 5.95. The monoisotopic (exact) mass is 854 g/mol. The third-order valence-electron chi connectivity index (χ3n) is 15.1. The highest BCUT2D eigenvalue weighted by molar-refractivity contribution is 7.23. The Morgan fingerprint density at radius 3 is 0.862 bits per heavy atom. The molecule has 0 amide bonds. The number of benzene rings is 8. The van der Waals surface area contributed by atoms with Crippen LogP contribution < -0.4 is 53.5 Å². The number of fused-ring (bicyclic) bond motifs is 9. The zero-order chi connectivity index (χ0) is 45.6. The molecule has 0 fully saturated rings. The van der Waals surface area contributed by atoms with E-state index in [2.05, 4.69) is 229 Å². The average molecular weight is 855 g/mol. The smallest absolute Gasteiger partial charge is 0.0686 e. The van der Waals surface area contributed by atoms with Gasteiger partial charge in [0.25, 0.3) is 0 Å². The molecule has 65 heavy (non-hydrogen) atoms. The molecule has 2 aliphatic rings. The average Bonchev–Trinajstić information content (AvgIpc) is 3.45. The molecular formula is C62H60B2Si. The summed E-state index contributed by atoms with van der Waals surface area (Å²) in [6.45, 7) is 27.7. The first-order chi connectivity index (χ1) is 31.2. The summed E-state index contributed by atoms with van der Waals surface area (Å²) in [4.78, 5) is 0. The van der Waals surface area contributed by atoms with Crippen LogP contribution in [0.2, 0.25) is 0 Å². The fourth-order valence-electron chi connectivity index (χ4n) is 13.1. The molecule has 0 aromatic heterocycles. The summed E-state index contributed by atoms with van der Waals surface area (Å²) >= 11 is 0. The van der Waals surface area contributed by atoms with Crippen LogP contribution in [0.3, 0.4) is 0 Å². The minimum Gasteiger partial charge on any atom is -0.0686 e. The summed E-state index contributed by atoms with van der Waals surface area (Å²) in [6.07, 6.45) is 4.87. The van der Waals surface area contributed by atoms with Gasteiger partial charge in [-0.2, -0.15) is 0 Å². The Balaban J connectivity index is 1.32. The van der Waals surface area contributed by atoms with Crippen LogP contribution in [0.25, 0.3) is 23.3 Å². The third kappa shape index (κ3) is 6.80. The van der Waals surface area contributed by atoms with E-state index in [0.717, 1.165) is 0 Å². The van der Waals surface area contributed by atoms with Crippen LogP contribution in [-0.2, 0) is 0 Å². The molecule has 0 saturated heterocycles. The molecule has 0 saturated carbocycles. The molecule has 8 aromatic rings. The third-order valence-corrected chi connectivity index (χ3v) is 20.1. The van der Waals surface area contributed by atoms with Crippen LogP contribution in [0.15, 0.2) is 133 Å². The lowest BCUT2D eigenvalue weighted by Crippen LogP contribution is -2.75. The van der Waals surface area contributed by atoms with Gasteiger partial charge in [-0.05, 0) is 126 Å². The number of aryl methyl sites for hydroxylation is 12. The molecule has 8 aromatic carbocycles. The van der Waals surface area contributed by atoms with Crippen LogP contribution in [0, 0.1) is 83.1 Å². The lowest BCUT2D eigenvalue weighted by Gasteiger charge is -2.35. The van der Waals surface area contributed by atoms with Gasteiger partial charge in [-0.1, -0.05) is 245 Å². The van der Waals surface area contributed by atoms with E-state index >= 15 is 0 Å². The van der Waals surface area contributed by atoms with Gasteiger partial charge in [-0.3, -0.25) is 0 Å². The maximum atomic E-state index is 2.69. The van der Waals surface area contributed by atoms with Crippen LogP contribution in [-0.4, -0.2) is 21.5 Å². The van der Waals surface area contributed by atoms with E-state index in [9.17, 15) is 0 Å². The molecule has 0 unspecified atom stereocenters. The maximum absolute atomic E-state index is 3.02. The van der Waals surface area contributed by atoms with Crippen molar-refractivity contribution in [2.24, 2.45) is 0 Å². The van der Waals surface area contributed by atoms with Gasteiger partial charge in [-0.25, -0.2) is 0 Å². The Morgan fingerprint density at radius 1 is 0.292 bits per heavy atom. The number of rotatable bonds is 6. The van der Waals surface area contributed by atoms with Gasteiger partial charge >= 0.3 is 0 Å². The Bertz CT molecular complexity index is 2880. The second kappa shape index (κ2) is 16.1. The lowest BCUT2D eigenvalue weighted by atomic mass is 9.34. The standard InChI is InChI=1S/C62H60B2Si/c1-37-27-41(5)59(42(6)28-37)63(60-43(7)29-38(2)30-44(60)8)51-25-23-49-21-22-50-24-26-52(64(61-45(9)31-39(3)32-46(61)10)62-47(11)33-40(4)34-48(62)12)36-58(50)65(57(49)35-51)55-19-15-13-17-53(55)54-18-14-16-20-56(54)65/h13-36H,1-12H3. The van der Waals surface area contributed by atoms with E-state index in [1.165, 1.54) is 143 Å². The highest BCUT2D eigenvalue weighted by Crippen LogP contribution is 2.31. The van der Waals surface area contributed by atoms with Gasteiger partial charge in [0.05, 0.1) is 0 Å². The van der Waals surface area contributed by atoms with E-state index in [1.807, 2.05) is 0 Å². The van der Waals surface area contributed by atoms with Crippen molar-refractivity contribution < 1.29 is 0 Å². The Labute approximate surface area is 390 Å². The van der Waals surface area contributed by atoms with Gasteiger partial charge < -0.3 is 0 Å². The molecule has 2 aliphatic heterocycles. The highest BCUT2D eigenvalue weighted by atomic mass is 28.3. The predicted octanol–water partition coefficient (Wildman–Crippen LogP) is 8.26. The van der Waals surface area contributed by atoms with Crippen molar-refractivity contribution in [3.8, 4) is 11.1 Å².